The van der Waals surface area contributed by atoms with Gasteiger partial charge in [-0.1, -0.05) is 6.08 Å². The number of ether oxygens (including phenoxy) is 2. The second-order valence-electron chi connectivity index (χ2n) is 7.66. The number of benzene rings is 1. The lowest BCUT2D eigenvalue weighted by Gasteiger charge is -2.43. The highest BCUT2D eigenvalue weighted by molar-refractivity contribution is 5.88. The number of amides is 1. The molecular weight excluding hydrogens is 396 g/mol. The summed E-state index contributed by atoms with van der Waals surface area (Å²) in [6.45, 7) is 2.97. The third-order valence-corrected chi connectivity index (χ3v) is 5.54. The maximum Gasteiger partial charge on any atom is 0.508 e. The number of nitrogens with zero attached hydrogens (tertiary/aromatic N) is 1. The SMILES string of the molecule is CC(=CC1(C2NC(=O)C2C(C)OC(=O)OCc2ccc([N+](=O)[O-])cc2)CC1)C(=O)O. The first-order valence-electron chi connectivity index (χ1n) is 9.43. The summed E-state index contributed by atoms with van der Waals surface area (Å²) in [5, 5.41) is 22.6. The summed E-state index contributed by atoms with van der Waals surface area (Å²) in [5.41, 5.74) is 0.263. The van der Waals surface area contributed by atoms with Crippen molar-refractivity contribution in [2.24, 2.45) is 11.3 Å². The second-order valence-corrected chi connectivity index (χ2v) is 7.66. The summed E-state index contributed by atoms with van der Waals surface area (Å²) >= 11 is 0. The summed E-state index contributed by atoms with van der Waals surface area (Å²) in [6, 6.07) is 5.24. The monoisotopic (exact) mass is 418 g/mol. The van der Waals surface area contributed by atoms with E-state index < -0.39 is 34.5 Å². The van der Waals surface area contributed by atoms with E-state index in [-0.39, 0.29) is 29.8 Å². The van der Waals surface area contributed by atoms with Gasteiger partial charge in [0.05, 0.1) is 16.9 Å². The van der Waals surface area contributed by atoms with E-state index in [9.17, 15) is 24.5 Å². The molecule has 0 spiro atoms. The Bertz CT molecular complexity index is 904. The number of rotatable bonds is 8. The van der Waals surface area contributed by atoms with Gasteiger partial charge in [-0.2, -0.15) is 0 Å². The number of non-ortho nitro benzene ring substituents is 1. The van der Waals surface area contributed by atoms with E-state index in [1.165, 1.54) is 31.2 Å². The molecule has 10 heteroatoms. The Morgan fingerprint density at radius 1 is 1.37 bits per heavy atom. The van der Waals surface area contributed by atoms with Crippen molar-refractivity contribution >= 4 is 23.7 Å². The van der Waals surface area contributed by atoms with Crippen LogP contribution in [0.1, 0.15) is 32.3 Å². The quantitative estimate of drug-likeness (QED) is 0.215. The minimum atomic E-state index is -1.01. The van der Waals surface area contributed by atoms with Gasteiger partial charge >= 0.3 is 12.1 Å². The standard InChI is InChI=1S/C20H22N2O8/c1-11(18(24)25)9-20(7-8-20)16-15(17(23)21-16)12(2)30-19(26)29-10-13-3-5-14(6-4-13)22(27)28/h3-6,9,12,15-16H,7-8,10H2,1-2H3,(H,21,23)(H,24,25). The smallest absolute Gasteiger partial charge is 0.478 e. The van der Waals surface area contributed by atoms with Crippen LogP contribution in [0, 0.1) is 21.4 Å². The number of β-lactam (4-membered cyclic amide) rings is 1. The van der Waals surface area contributed by atoms with Crippen molar-refractivity contribution in [3.8, 4) is 0 Å². The highest BCUT2D eigenvalue weighted by Gasteiger charge is 2.59. The summed E-state index contributed by atoms with van der Waals surface area (Å²) in [5.74, 6) is -1.87. The van der Waals surface area contributed by atoms with Crippen molar-refractivity contribution in [3.63, 3.8) is 0 Å². The number of carbonyl (C=O) groups excluding carboxylic acids is 2. The van der Waals surface area contributed by atoms with Gasteiger partial charge in [0.1, 0.15) is 12.7 Å². The Kier molecular flexibility index (Phi) is 5.77. The number of nitro groups is 1. The van der Waals surface area contributed by atoms with Crippen LogP contribution in [0.3, 0.4) is 0 Å². The van der Waals surface area contributed by atoms with E-state index in [1.807, 2.05) is 0 Å². The predicted octanol–water partition coefficient (Wildman–Crippen LogP) is 2.56. The number of carboxylic acids is 1. The van der Waals surface area contributed by atoms with Crippen LogP contribution >= 0.6 is 0 Å². The summed E-state index contributed by atoms with van der Waals surface area (Å²) in [6.07, 6.45) is 1.45. The molecule has 1 saturated carbocycles. The maximum absolute atomic E-state index is 12.1. The maximum atomic E-state index is 12.1. The number of hydrogen-bond donors (Lipinski definition) is 2. The van der Waals surface area contributed by atoms with Crippen LogP contribution in [-0.2, 0) is 25.7 Å². The van der Waals surface area contributed by atoms with Crippen LogP contribution < -0.4 is 5.32 Å². The van der Waals surface area contributed by atoms with Gasteiger partial charge < -0.3 is 19.9 Å². The Labute approximate surface area is 172 Å². The largest absolute Gasteiger partial charge is 0.508 e. The van der Waals surface area contributed by atoms with Crippen molar-refractivity contribution in [3.05, 3.63) is 51.6 Å². The summed E-state index contributed by atoms with van der Waals surface area (Å²) in [7, 11) is 0. The van der Waals surface area contributed by atoms with E-state index in [0.717, 1.165) is 12.8 Å². The lowest BCUT2D eigenvalue weighted by atomic mass is 9.75. The molecule has 160 valence electrons. The van der Waals surface area contributed by atoms with Gasteiger partial charge in [-0.15, -0.1) is 0 Å². The zero-order valence-corrected chi connectivity index (χ0v) is 16.5. The molecule has 3 atom stereocenters. The van der Waals surface area contributed by atoms with Gasteiger partial charge in [-0.3, -0.25) is 14.9 Å². The molecule has 0 bridgehead atoms. The molecule has 2 N–H and O–H groups in total. The minimum Gasteiger partial charge on any atom is -0.478 e. The zero-order valence-electron chi connectivity index (χ0n) is 16.5. The molecular formula is C20H22N2O8. The van der Waals surface area contributed by atoms with Gasteiger partial charge in [-0.25, -0.2) is 9.59 Å². The van der Waals surface area contributed by atoms with Crippen molar-refractivity contribution < 1.29 is 33.9 Å². The third-order valence-electron chi connectivity index (χ3n) is 5.54. The molecule has 3 unspecified atom stereocenters. The normalized spacial score (nSPS) is 22.9. The zero-order chi connectivity index (χ0) is 22.1. The third kappa shape index (κ3) is 4.42. The van der Waals surface area contributed by atoms with Crippen LogP contribution in [-0.4, -0.2) is 40.2 Å². The molecule has 1 aliphatic carbocycles. The van der Waals surface area contributed by atoms with E-state index in [4.69, 9.17) is 14.6 Å². The van der Waals surface area contributed by atoms with Crippen molar-refractivity contribution in [2.45, 2.75) is 45.4 Å². The Morgan fingerprint density at radius 3 is 2.50 bits per heavy atom. The molecule has 1 saturated heterocycles. The second kappa shape index (κ2) is 8.13. The Morgan fingerprint density at radius 2 is 2.00 bits per heavy atom. The average molecular weight is 418 g/mol. The van der Waals surface area contributed by atoms with E-state index in [0.29, 0.717) is 5.56 Å². The van der Waals surface area contributed by atoms with Gasteiger partial charge in [0.15, 0.2) is 0 Å². The van der Waals surface area contributed by atoms with Crippen molar-refractivity contribution in [1.29, 1.82) is 0 Å². The topological polar surface area (TPSA) is 145 Å². The molecule has 1 aromatic rings. The first-order valence-corrected chi connectivity index (χ1v) is 9.43. The molecule has 0 aromatic heterocycles. The summed E-state index contributed by atoms with van der Waals surface area (Å²) < 4.78 is 10.3. The van der Waals surface area contributed by atoms with Crippen molar-refractivity contribution in [1.82, 2.24) is 5.32 Å². The molecule has 30 heavy (non-hydrogen) atoms. The summed E-state index contributed by atoms with van der Waals surface area (Å²) in [4.78, 5) is 45.4. The van der Waals surface area contributed by atoms with Crippen LogP contribution in [0.25, 0.3) is 0 Å². The fourth-order valence-electron chi connectivity index (χ4n) is 3.68. The first kappa shape index (κ1) is 21.3. The number of nitro benzene ring substituents is 1. The number of carbonyl (C=O) groups is 3. The molecule has 2 aliphatic rings. The average Bonchev–Trinajstić information content (AvgIpc) is 3.44. The van der Waals surface area contributed by atoms with E-state index in [1.54, 1.807) is 13.0 Å². The van der Waals surface area contributed by atoms with Crippen molar-refractivity contribution in [2.75, 3.05) is 0 Å². The minimum absolute atomic E-state index is 0.0711. The van der Waals surface area contributed by atoms with Gasteiger partial charge in [-0.05, 0) is 44.4 Å². The molecule has 1 aliphatic heterocycles. The van der Waals surface area contributed by atoms with Crippen LogP contribution in [0.5, 0.6) is 0 Å². The molecule has 10 nitrogen and oxygen atoms in total. The highest BCUT2D eigenvalue weighted by atomic mass is 16.7. The number of hydrogen-bond acceptors (Lipinski definition) is 7. The number of carboxylic acid groups (broad SMARTS) is 1. The Balaban J connectivity index is 1.55. The lowest BCUT2D eigenvalue weighted by Crippen LogP contribution is -2.65. The first-order chi connectivity index (χ1) is 14.1. The Hall–Kier alpha value is -3.43. The fraction of sp³-hybridized carbons (Fsp3) is 0.450. The molecule has 3 rings (SSSR count). The molecule has 1 heterocycles. The molecule has 1 aromatic carbocycles. The molecule has 2 fully saturated rings. The van der Waals surface area contributed by atoms with E-state index >= 15 is 0 Å². The predicted molar refractivity (Wildman–Crippen MR) is 102 cm³/mol. The highest BCUT2D eigenvalue weighted by Crippen LogP contribution is 2.55. The van der Waals surface area contributed by atoms with Gasteiger partial charge in [0.25, 0.3) is 5.69 Å². The molecule has 1 amide bonds. The van der Waals surface area contributed by atoms with Crippen LogP contribution in [0.15, 0.2) is 35.9 Å². The van der Waals surface area contributed by atoms with Crippen LogP contribution in [0.4, 0.5) is 10.5 Å². The molecule has 0 radical (unpaired) electrons. The number of nitrogens with one attached hydrogen (secondary N) is 1. The fourth-order valence-corrected chi connectivity index (χ4v) is 3.68. The van der Waals surface area contributed by atoms with E-state index in [2.05, 4.69) is 5.32 Å². The van der Waals surface area contributed by atoms with Gasteiger partial charge in [0.2, 0.25) is 5.91 Å². The number of aliphatic carboxylic acids is 1. The van der Waals surface area contributed by atoms with Gasteiger partial charge in [0, 0.05) is 23.1 Å². The lowest BCUT2D eigenvalue weighted by molar-refractivity contribution is -0.384. The van der Waals surface area contributed by atoms with Crippen LogP contribution in [0.2, 0.25) is 0 Å².